The van der Waals surface area contributed by atoms with Crippen LogP contribution in [0, 0.1) is 13.8 Å². The molecule has 3 rings (SSSR count). The molecule has 6 nitrogen and oxygen atoms in total. The number of rotatable bonds is 7. The number of amides is 1. The van der Waals surface area contributed by atoms with E-state index in [1.54, 1.807) is 6.07 Å². The van der Waals surface area contributed by atoms with E-state index in [-0.39, 0.29) is 10.8 Å². The molecule has 0 aliphatic rings. The van der Waals surface area contributed by atoms with E-state index >= 15 is 0 Å². The summed E-state index contributed by atoms with van der Waals surface area (Å²) in [7, 11) is 0.194. The number of hydrogen-bond acceptors (Lipinski definition) is 4. The lowest BCUT2D eigenvalue weighted by atomic mass is 10.1. The number of nitrogens with one attached hydrogen (secondary N) is 2. The number of anilines is 2. The summed E-state index contributed by atoms with van der Waals surface area (Å²) in [6.07, 6.45) is 0. The van der Waals surface area contributed by atoms with Gasteiger partial charge in [0.05, 0.1) is 10.6 Å². The minimum Gasteiger partial charge on any atom is -0.378 e. The van der Waals surface area contributed by atoms with Gasteiger partial charge in [-0.1, -0.05) is 24.3 Å². The van der Waals surface area contributed by atoms with Crippen molar-refractivity contribution in [2.75, 3.05) is 23.7 Å². The Morgan fingerprint density at radius 2 is 1.55 bits per heavy atom. The van der Waals surface area contributed by atoms with Crippen LogP contribution in [0.1, 0.15) is 27.0 Å². The van der Waals surface area contributed by atoms with Gasteiger partial charge in [0.25, 0.3) is 15.9 Å². The molecule has 0 atom stereocenters. The van der Waals surface area contributed by atoms with Crippen molar-refractivity contribution in [3.05, 3.63) is 89.0 Å². The zero-order valence-corrected chi connectivity index (χ0v) is 19.0. The molecular formula is C24H27N3O3S. The van der Waals surface area contributed by atoms with Crippen LogP contribution in [0.3, 0.4) is 0 Å². The summed E-state index contributed by atoms with van der Waals surface area (Å²) in [4.78, 5) is 14.6. The van der Waals surface area contributed by atoms with Crippen LogP contribution in [0.2, 0.25) is 0 Å². The monoisotopic (exact) mass is 437 g/mol. The molecule has 0 aromatic heterocycles. The predicted octanol–water partition coefficient (Wildman–Crippen LogP) is 4.10. The van der Waals surface area contributed by atoms with Gasteiger partial charge in [0.15, 0.2) is 0 Å². The fraction of sp³-hybridized carbons (Fsp3) is 0.208. The van der Waals surface area contributed by atoms with Gasteiger partial charge in [-0.25, -0.2) is 8.42 Å². The molecule has 0 radical (unpaired) electrons. The highest BCUT2D eigenvalue weighted by atomic mass is 32.2. The summed E-state index contributed by atoms with van der Waals surface area (Å²) in [5, 5.41) is 2.86. The quantitative estimate of drug-likeness (QED) is 0.583. The summed E-state index contributed by atoms with van der Waals surface area (Å²) in [6.45, 7) is 4.19. The Kier molecular flexibility index (Phi) is 6.65. The third-order valence-corrected chi connectivity index (χ3v) is 6.56. The van der Waals surface area contributed by atoms with Crippen LogP contribution in [0.25, 0.3) is 0 Å². The van der Waals surface area contributed by atoms with Gasteiger partial charge in [-0.05, 0) is 73.0 Å². The molecule has 0 heterocycles. The molecule has 0 saturated heterocycles. The van der Waals surface area contributed by atoms with Crippen molar-refractivity contribution in [3.8, 4) is 0 Å². The normalized spacial score (nSPS) is 11.1. The zero-order valence-electron chi connectivity index (χ0n) is 18.1. The molecule has 1 amide bonds. The van der Waals surface area contributed by atoms with Gasteiger partial charge in [-0.2, -0.15) is 0 Å². The Hall–Kier alpha value is -3.32. The van der Waals surface area contributed by atoms with Crippen molar-refractivity contribution in [1.29, 1.82) is 0 Å². The first-order valence-corrected chi connectivity index (χ1v) is 11.4. The second kappa shape index (κ2) is 9.22. The minimum absolute atomic E-state index is 0.101. The largest absolute Gasteiger partial charge is 0.378 e. The summed E-state index contributed by atoms with van der Waals surface area (Å²) in [5.74, 6) is -0.261. The molecule has 0 bridgehead atoms. The molecule has 2 N–H and O–H groups in total. The Labute approximate surface area is 184 Å². The fourth-order valence-electron chi connectivity index (χ4n) is 3.05. The van der Waals surface area contributed by atoms with E-state index < -0.39 is 10.0 Å². The molecule has 3 aromatic rings. The van der Waals surface area contributed by atoms with E-state index in [0.717, 1.165) is 22.4 Å². The fourth-order valence-corrected chi connectivity index (χ4v) is 4.17. The van der Waals surface area contributed by atoms with Crippen molar-refractivity contribution in [1.82, 2.24) is 5.32 Å². The highest BCUT2D eigenvalue weighted by Gasteiger charge is 2.16. The second-order valence-corrected chi connectivity index (χ2v) is 9.30. The number of carbonyl (C=O) groups is 1. The average Bonchev–Trinajstić information content (AvgIpc) is 2.75. The first-order chi connectivity index (χ1) is 14.7. The molecule has 3 aromatic carbocycles. The van der Waals surface area contributed by atoms with Gasteiger partial charge in [0, 0.05) is 31.9 Å². The van der Waals surface area contributed by atoms with E-state index in [4.69, 9.17) is 0 Å². The summed E-state index contributed by atoms with van der Waals surface area (Å²) < 4.78 is 28.1. The van der Waals surface area contributed by atoms with E-state index in [1.165, 1.54) is 24.3 Å². The SMILES string of the molecule is Cc1cccc(NS(=O)(=O)c2ccc(C(=O)NCc3ccc(N(C)C)cc3)cc2)c1C. The van der Waals surface area contributed by atoms with E-state index in [9.17, 15) is 13.2 Å². The predicted molar refractivity (Wildman–Crippen MR) is 125 cm³/mol. The maximum atomic E-state index is 12.7. The topological polar surface area (TPSA) is 78.5 Å². The van der Waals surface area contributed by atoms with Gasteiger partial charge in [0.2, 0.25) is 0 Å². The number of sulfonamides is 1. The molecular weight excluding hydrogens is 410 g/mol. The lowest BCUT2D eigenvalue weighted by Gasteiger charge is -2.13. The summed E-state index contributed by atoms with van der Waals surface area (Å²) >= 11 is 0. The Balaban J connectivity index is 1.66. The van der Waals surface area contributed by atoms with Crippen LogP contribution >= 0.6 is 0 Å². The average molecular weight is 438 g/mol. The number of aryl methyl sites for hydroxylation is 1. The lowest BCUT2D eigenvalue weighted by molar-refractivity contribution is 0.0951. The number of benzene rings is 3. The Morgan fingerprint density at radius 1 is 0.903 bits per heavy atom. The van der Waals surface area contributed by atoms with Gasteiger partial charge in [-0.15, -0.1) is 0 Å². The highest BCUT2D eigenvalue weighted by Crippen LogP contribution is 2.22. The van der Waals surface area contributed by atoms with Crippen molar-refractivity contribution in [3.63, 3.8) is 0 Å². The van der Waals surface area contributed by atoms with E-state index in [2.05, 4.69) is 10.0 Å². The van der Waals surface area contributed by atoms with E-state index in [1.807, 2.05) is 69.2 Å². The number of nitrogens with zero attached hydrogens (tertiary/aromatic N) is 1. The van der Waals surface area contributed by atoms with Crippen LogP contribution in [-0.4, -0.2) is 28.4 Å². The van der Waals surface area contributed by atoms with Crippen molar-refractivity contribution < 1.29 is 13.2 Å². The molecule has 0 unspecified atom stereocenters. The van der Waals surface area contributed by atoms with Crippen molar-refractivity contribution in [2.45, 2.75) is 25.3 Å². The van der Waals surface area contributed by atoms with Crippen molar-refractivity contribution in [2.24, 2.45) is 0 Å². The van der Waals surface area contributed by atoms with Crippen LogP contribution in [0.5, 0.6) is 0 Å². The maximum absolute atomic E-state index is 12.7. The Morgan fingerprint density at radius 3 is 2.16 bits per heavy atom. The molecule has 0 aliphatic heterocycles. The van der Waals surface area contributed by atoms with Gasteiger partial charge >= 0.3 is 0 Å². The molecule has 162 valence electrons. The maximum Gasteiger partial charge on any atom is 0.261 e. The van der Waals surface area contributed by atoms with Crippen LogP contribution in [0.4, 0.5) is 11.4 Å². The standard InChI is InChI=1S/C24H27N3O3S/c1-17-6-5-7-23(18(17)2)26-31(29,30)22-14-10-20(11-15-22)24(28)25-16-19-8-12-21(13-9-19)27(3)4/h5-15,26H,16H2,1-4H3,(H,25,28). The number of hydrogen-bond donors (Lipinski definition) is 2. The molecule has 0 fully saturated rings. The van der Waals surface area contributed by atoms with E-state index in [0.29, 0.717) is 17.8 Å². The zero-order chi connectivity index (χ0) is 22.6. The molecule has 7 heteroatoms. The third kappa shape index (κ3) is 5.44. The summed E-state index contributed by atoms with van der Waals surface area (Å²) in [5.41, 5.74) is 4.89. The lowest BCUT2D eigenvalue weighted by Crippen LogP contribution is -2.23. The smallest absolute Gasteiger partial charge is 0.261 e. The first-order valence-electron chi connectivity index (χ1n) is 9.91. The number of carbonyl (C=O) groups excluding carboxylic acids is 1. The third-order valence-electron chi connectivity index (χ3n) is 5.18. The van der Waals surface area contributed by atoms with Crippen molar-refractivity contribution >= 4 is 27.3 Å². The van der Waals surface area contributed by atoms with Gasteiger partial charge in [0.1, 0.15) is 0 Å². The van der Waals surface area contributed by atoms with Crippen LogP contribution < -0.4 is 14.9 Å². The Bertz CT molecular complexity index is 1170. The first kappa shape index (κ1) is 22.4. The van der Waals surface area contributed by atoms with Gasteiger partial charge in [-0.3, -0.25) is 9.52 Å². The second-order valence-electron chi connectivity index (χ2n) is 7.62. The summed E-state index contributed by atoms with van der Waals surface area (Å²) in [6, 6.07) is 19.3. The molecule has 0 aliphatic carbocycles. The minimum atomic E-state index is -3.75. The molecule has 0 saturated carbocycles. The molecule has 31 heavy (non-hydrogen) atoms. The van der Waals surface area contributed by atoms with Crippen LogP contribution in [0.15, 0.2) is 71.6 Å². The highest BCUT2D eigenvalue weighted by molar-refractivity contribution is 7.92. The van der Waals surface area contributed by atoms with Crippen LogP contribution in [-0.2, 0) is 16.6 Å². The molecule has 0 spiro atoms. The van der Waals surface area contributed by atoms with Gasteiger partial charge < -0.3 is 10.2 Å².